The number of nitrogens with zero attached hydrogens (tertiary/aromatic N) is 5. The third-order valence-electron chi connectivity index (χ3n) is 6.91. The van der Waals surface area contributed by atoms with Crippen LogP contribution in [0, 0.1) is 6.92 Å². The molecule has 4 aromatic rings. The Bertz CT molecular complexity index is 1600. The van der Waals surface area contributed by atoms with E-state index in [0.717, 1.165) is 50.2 Å². The van der Waals surface area contributed by atoms with E-state index in [9.17, 15) is 22.8 Å². The number of halogens is 3. The predicted octanol–water partition coefficient (Wildman–Crippen LogP) is 4.51. The molecule has 1 saturated heterocycles. The van der Waals surface area contributed by atoms with Crippen molar-refractivity contribution in [3.05, 3.63) is 71.2 Å². The largest absolute Gasteiger partial charge is 0.416 e. The summed E-state index contributed by atoms with van der Waals surface area (Å²) in [5, 5.41) is 13.4. The molecule has 5 rings (SSSR count). The normalized spacial score (nSPS) is 13.9. The van der Waals surface area contributed by atoms with Crippen LogP contribution in [-0.4, -0.2) is 62.6 Å². The van der Waals surface area contributed by atoms with Gasteiger partial charge in [-0.05, 0) is 68.8 Å². The number of rotatable bonds is 8. The Morgan fingerprint density at radius 2 is 1.80 bits per heavy atom. The summed E-state index contributed by atoms with van der Waals surface area (Å²) >= 11 is 0. The molecule has 1 aliphatic heterocycles. The number of aryl methyl sites for hydroxylation is 2. The van der Waals surface area contributed by atoms with Gasteiger partial charge in [-0.3, -0.25) is 14.3 Å². The zero-order valence-electron chi connectivity index (χ0n) is 22.5. The van der Waals surface area contributed by atoms with Crippen molar-refractivity contribution in [3.63, 3.8) is 0 Å². The Morgan fingerprint density at radius 3 is 2.56 bits per heavy atom. The molecular formula is C28H29F3N8O2. The molecule has 0 radical (unpaired) electrons. The van der Waals surface area contributed by atoms with Crippen molar-refractivity contribution in [2.75, 3.05) is 36.8 Å². The average molecular weight is 567 g/mol. The lowest BCUT2D eigenvalue weighted by Gasteiger charge is -2.15. The molecular weight excluding hydrogens is 537 g/mol. The van der Waals surface area contributed by atoms with Gasteiger partial charge in [0.05, 0.1) is 17.1 Å². The molecule has 1 fully saturated rings. The molecule has 10 nitrogen and oxygen atoms in total. The fourth-order valence-electron chi connectivity index (χ4n) is 4.63. The second-order valence-corrected chi connectivity index (χ2v) is 9.89. The second kappa shape index (κ2) is 11.5. The summed E-state index contributed by atoms with van der Waals surface area (Å²) in [6.07, 6.45) is -0.625. The van der Waals surface area contributed by atoms with Crippen LogP contribution in [0.2, 0.25) is 0 Å². The topological polar surface area (TPSA) is 117 Å². The van der Waals surface area contributed by atoms with Crippen LogP contribution in [0.25, 0.3) is 11.0 Å². The number of alkyl halides is 3. The summed E-state index contributed by atoms with van der Waals surface area (Å²) in [7, 11) is 1.71. The maximum absolute atomic E-state index is 13.1. The highest BCUT2D eigenvalue weighted by atomic mass is 19.4. The van der Waals surface area contributed by atoms with Gasteiger partial charge in [-0.15, -0.1) is 0 Å². The molecule has 1 aliphatic rings. The quantitative estimate of drug-likeness (QED) is 0.287. The van der Waals surface area contributed by atoms with Gasteiger partial charge in [0, 0.05) is 37.1 Å². The zero-order valence-corrected chi connectivity index (χ0v) is 22.5. The standard InChI is InChI=1S/C28H29F3N8O2/c1-17-8-9-18(26(40)34-20-7-5-6-19(15-20)28(29,30)31)14-22(17)35-23-21-16-33-38(2)25(21)37-24(36-23)27(41)32-10-13-39-11-3-4-12-39/h5-9,14-16H,3-4,10-13H2,1-2H3,(H,32,41)(H,34,40)(H,35,36,37). The van der Waals surface area contributed by atoms with E-state index in [2.05, 4.69) is 35.9 Å². The molecule has 13 heteroatoms. The molecule has 41 heavy (non-hydrogen) atoms. The number of benzene rings is 2. The Kier molecular flexibility index (Phi) is 7.88. The van der Waals surface area contributed by atoms with E-state index < -0.39 is 23.6 Å². The maximum Gasteiger partial charge on any atom is 0.416 e. The van der Waals surface area contributed by atoms with Crippen molar-refractivity contribution in [2.24, 2.45) is 7.05 Å². The minimum absolute atomic E-state index is 0.0214. The van der Waals surface area contributed by atoms with E-state index in [-0.39, 0.29) is 17.1 Å². The van der Waals surface area contributed by atoms with Gasteiger partial charge < -0.3 is 20.9 Å². The fraction of sp³-hybridized carbons (Fsp3) is 0.321. The number of nitrogens with one attached hydrogen (secondary N) is 3. The van der Waals surface area contributed by atoms with E-state index >= 15 is 0 Å². The molecule has 2 amide bonds. The van der Waals surface area contributed by atoms with Crippen LogP contribution in [0.1, 0.15) is 44.9 Å². The maximum atomic E-state index is 13.1. The van der Waals surface area contributed by atoms with Gasteiger partial charge in [-0.2, -0.15) is 18.3 Å². The van der Waals surface area contributed by atoms with Crippen LogP contribution in [0.3, 0.4) is 0 Å². The summed E-state index contributed by atoms with van der Waals surface area (Å²) < 4.78 is 40.8. The first-order valence-electron chi connectivity index (χ1n) is 13.1. The molecule has 2 aromatic carbocycles. The Balaban J connectivity index is 1.36. The summed E-state index contributed by atoms with van der Waals surface area (Å²) in [5.41, 5.74) is 1.11. The van der Waals surface area contributed by atoms with Gasteiger partial charge in [-0.1, -0.05) is 12.1 Å². The van der Waals surface area contributed by atoms with Crippen LogP contribution >= 0.6 is 0 Å². The molecule has 0 saturated carbocycles. The first kappa shape index (κ1) is 28.0. The van der Waals surface area contributed by atoms with Crippen LogP contribution in [0.4, 0.5) is 30.4 Å². The van der Waals surface area contributed by atoms with Crippen LogP contribution in [0.15, 0.2) is 48.7 Å². The number of anilines is 3. The van der Waals surface area contributed by atoms with Crippen molar-refractivity contribution in [2.45, 2.75) is 25.9 Å². The lowest BCUT2D eigenvalue weighted by Crippen LogP contribution is -2.34. The molecule has 2 aromatic heterocycles. The van der Waals surface area contributed by atoms with Crippen LogP contribution < -0.4 is 16.0 Å². The molecule has 0 spiro atoms. The Labute approximate surface area is 234 Å². The van der Waals surface area contributed by atoms with Crippen LogP contribution in [-0.2, 0) is 13.2 Å². The molecule has 0 unspecified atom stereocenters. The number of amides is 2. The molecule has 214 valence electrons. The van der Waals surface area contributed by atoms with E-state index in [1.165, 1.54) is 16.8 Å². The molecule has 0 bridgehead atoms. The lowest BCUT2D eigenvalue weighted by atomic mass is 10.1. The Morgan fingerprint density at radius 1 is 1.02 bits per heavy atom. The summed E-state index contributed by atoms with van der Waals surface area (Å²) in [5.74, 6) is -0.701. The predicted molar refractivity (Wildman–Crippen MR) is 148 cm³/mol. The number of carbonyl (C=O) groups is 2. The summed E-state index contributed by atoms with van der Waals surface area (Å²) in [4.78, 5) is 37.0. The van der Waals surface area contributed by atoms with Gasteiger partial charge in [0.25, 0.3) is 11.8 Å². The number of carbonyl (C=O) groups excluding carboxylic acids is 2. The van der Waals surface area contributed by atoms with Crippen molar-refractivity contribution < 1.29 is 22.8 Å². The van der Waals surface area contributed by atoms with Gasteiger partial charge in [0.2, 0.25) is 5.82 Å². The van der Waals surface area contributed by atoms with Gasteiger partial charge in [0.15, 0.2) is 5.65 Å². The first-order valence-corrected chi connectivity index (χ1v) is 13.1. The van der Waals surface area contributed by atoms with Gasteiger partial charge >= 0.3 is 6.18 Å². The number of likely N-dealkylation sites (tertiary alicyclic amines) is 1. The summed E-state index contributed by atoms with van der Waals surface area (Å²) in [6.45, 7) is 5.09. The number of hydrogen-bond acceptors (Lipinski definition) is 7. The SMILES string of the molecule is Cc1ccc(C(=O)Nc2cccc(C(F)(F)F)c2)cc1Nc1nc(C(=O)NCCN2CCCC2)nc2c1cnn2C. The third-order valence-corrected chi connectivity index (χ3v) is 6.91. The Hall–Kier alpha value is -4.52. The highest BCUT2D eigenvalue weighted by Crippen LogP contribution is 2.31. The van der Waals surface area contributed by atoms with Crippen LogP contribution in [0.5, 0.6) is 0 Å². The fourth-order valence-corrected chi connectivity index (χ4v) is 4.63. The molecule has 0 atom stereocenters. The van der Waals surface area contributed by atoms with E-state index in [1.54, 1.807) is 31.4 Å². The van der Waals surface area contributed by atoms with Gasteiger partial charge in [0.1, 0.15) is 5.82 Å². The third kappa shape index (κ3) is 6.46. The molecule has 0 aliphatic carbocycles. The van der Waals surface area contributed by atoms with E-state index in [0.29, 0.717) is 29.1 Å². The second-order valence-electron chi connectivity index (χ2n) is 9.89. The van der Waals surface area contributed by atoms with Crippen molar-refractivity contribution in [1.82, 2.24) is 30.0 Å². The van der Waals surface area contributed by atoms with Gasteiger partial charge in [-0.25, -0.2) is 9.97 Å². The first-order chi connectivity index (χ1) is 19.6. The minimum atomic E-state index is -4.53. The smallest absolute Gasteiger partial charge is 0.348 e. The van der Waals surface area contributed by atoms with Crippen molar-refractivity contribution in [3.8, 4) is 0 Å². The number of hydrogen-bond donors (Lipinski definition) is 3. The molecule has 3 N–H and O–H groups in total. The number of fused-ring (bicyclic) bond motifs is 1. The monoisotopic (exact) mass is 566 g/mol. The van der Waals surface area contributed by atoms with Crippen molar-refractivity contribution >= 4 is 40.0 Å². The van der Waals surface area contributed by atoms with Crippen molar-refractivity contribution in [1.29, 1.82) is 0 Å². The summed E-state index contributed by atoms with van der Waals surface area (Å²) in [6, 6.07) is 9.28. The minimum Gasteiger partial charge on any atom is -0.348 e. The highest BCUT2D eigenvalue weighted by molar-refractivity contribution is 6.05. The van der Waals surface area contributed by atoms with E-state index in [1.807, 2.05) is 6.92 Å². The average Bonchev–Trinajstić information content (AvgIpc) is 3.59. The zero-order chi connectivity index (χ0) is 29.1. The molecule has 3 heterocycles. The lowest BCUT2D eigenvalue weighted by molar-refractivity contribution is -0.137. The number of aromatic nitrogens is 4. The van der Waals surface area contributed by atoms with E-state index in [4.69, 9.17) is 0 Å². The highest BCUT2D eigenvalue weighted by Gasteiger charge is 2.30.